The van der Waals surface area contributed by atoms with Gasteiger partial charge in [0.05, 0.1) is 0 Å². The standard InChI is InChI=1S/C9H16O2S/c1-6(2)9-8(4-5-12-9)11-7(3)10/h6,8-9H,4-5H2,1-3H3. The maximum absolute atomic E-state index is 10.7. The molecule has 1 rings (SSSR count). The van der Waals surface area contributed by atoms with Crippen LogP contribution in [0.25, 0.3) is 0 Å². The predicted molar refractivity (Wildman–Crippen MR) is 51.3 cm³/mol. The molecule has 0 aromatic heterocycles. The van der Waals surface area contributed by atoms with Crippen LogP contribution in [0.2, 0.25) is 0 Å². The second-order valence-electron chi connectivity index (χ2n) is 3.52. The monoisotopic (exact) mass is 188 g/mol. The number of carbonyl (C=O) groups excluding carboxylic acids is 1. The van der Waals surface area contributed by atoms with Gasteiger partial charge in [-0.1, -0.05) is 13.8 Å². The van der Waals surface area contributed by atoms with Crippen LogP contribution < -0.4 is 0 Å². The molecule has 70 valence electrons. The molecule has 0 aliphatic carbocycles. The normalized spacial score (nSPS) is 29.3. The van der Waals surface area contributed by atoms with Crippen LogP contribution in [0.4, 0.5) is 0 Å². The van der Waals surface area contributed by atoms with E-state index in [1.54, 1.807) is 0 Å². The van der Waals surface area contributed by atoms with Crippen LogP contribution in [0.15, 0.2) is 0 Å². The average molecular weight is 188 g/mol. The molecule has 2 unspecified atom stereocenters. The van der Waals surface area contributed by atoms with E-state index in [4.69, 9.17) is 4.74 Å². The van der Waals surface area contributed by atoms with Gasteiger partial charge in [-0.2, -0.15) is 11.8 Å². The van der Waals surface area contributed by atoms with Gasteiger partial charge in [0.25, 0.3) is 0 Å². The Hall–Kier alpha value is -0.180. The number of rotatable bonds is 2. The van der Waals surface area contributed by atoms with E-state index in [0.717, 1.165) is 12.2 Å². The highest BCUT2D eigenvalue weighted by Gasteiger charge is 2.32. The average Bonchev–Trinajstić information content (AvgIpc) is 2.33. The molecule has 0 saturated carbocycles. The minimum absolute atomic E-state index is 0.145. The van der Waals surface area contributed by atoms with E-state index in [1.165, 1.54) is 6.92 Å². The van der Waals surface area contributed by atoms with Crippen LogP contribution in [0, 0.1) is 5.92 Å². The Labute approximate surface area is 78.1 Å². The first kappa shape index (κ1) is 9.90. The summed E-state index contributed by atoms with van der Waals surface area (Å²) in [5, 5.41) is 0.508. The van der Waals surface area contributed by atoms with Gasteiger partial charge in [-0.15, -0.1) is 0 Å². The lowest BCUT2D eigenvalue weighted by atomic mass is 10.0. The van der Waals surface area contributed by atoms with E-state index < -0.39 is 0 Å². The largest absolute Gasteiger partial charge is 0.461 e. The third-order valence-electron chi connectivity index (χ3n) is 2.05. The lowest BCUT2D eigenvalue weighted by Gasteiger charge is -2.21. The zero-order valence-corrected chi connectivity index (χ0v) is 8.69. The van der Waals surface area contributed by atoms with E-state index in [0.29, 0.717) is 11.2 Å². The minimum atomic E-state index is -0.145. The number of thioether (sulfide) groups is 1. The van der Waals surface area contributed by atoms with Crippen LogP contribution in [0.5, 0.6) is 0 Å². The van der Waals surface area contributed by atoms with Gasteiger partial charge < -0.3 is 4.74 Å². The molecule has 0 radical (unpaired) electrons. The topological polar surface area (TPSA) is 26.3 Å². The van der Waals surface area contributed by atoms with Gasteiger partial charge in [-0.3, -0.25) is 4.79 Å². The molecule has 0 amide bonds. The van der Waals surface area contributed by atoms with Crippen molar-refractivity contribution < 1.29 is 9.53 Å². The molecule has 1 aliphatic rings. The predicted octanol–water partition coefficient (Wildman–Crippen LogP) is 2.08. The summed E-state index contributed by atoms with van der Waals surface area (Å²) < 4.78 is 5.23. The molecule has 2 atom stereocenters. The van der Waals surface area contributed by atoms with Crippen molar-refractivity contribution in [2.45, 2.75) is 38.5 Å². The molecule has 0 bridgehead atoms. The maximum atomic E-state index is 10.7. The lowest BCUT2D eigenvalue weighted by molar-refractivity contribution is -0.146. The lowest BCUT2D eigenvalue weighted by Crippen LogP contribution is -2.27. The molecule has 1 aliphatic heterocycles. The van der Waals surface area contributed by atoms with Gasteiger partial charge in [-0.25, -0.2) is 0 Å². The van der Waals surface area contributed by atoms with E-state index in [-0.39, 0.29) is 12.1 Å². The Balaban J connectivity index is 2.46. The van der Waals surface area contributed by atoms with Crippen molar-refractivity contribution in [2.75, 3.05) is 5.75 Å². The summed E-state index contributed by atoms with van der Waals surface area (Å²) >= 11 is 1.92. The first-order valence-electron chi connectivity index (χ1n) is 4.40. The van der Waals surface area contributed by atoms with Crippen molar-refractivity contribution >= 4 is 17.7 Å². The van der Waals surface area contributed by atoms with E-state index in [2.05, 4.69) is 13.8 Å². The van der Waals surface area contributed by atoms with Gasteiger partial charge in [0.1, 0.15) is 6.10 Å². The molecule has 0 spiro atoms. The van der Waals surface area contributed by atoms with Crippen molar-refractivity contribution in [1.82, 2.24) is 0 Å². The highest BCUT2D eigenvalue weighted by atomic mass is 32.2. The summed E-state index contributed by atoms with van der Waals surface area (Å²) in [6.07, 6.45) is 1.18. The van der Waals surface area contributed by atoms with Gasteiger partial charge in [0.15, 0.2) is 0 Å². The summed E-state index contributed by atoms with van der Waals surface area (Å²) in [6.45, 7) is 5.85. The summed E-state index contributed by atoms with van der Waals surface area (Å²) in [4.78, 5) is 10.7. The molecular weight excluding hydrogens is 172 g/mol. The first-order chi connectivity index (χ1) is 5.61. The fourth-order valence-corrected chi connectivity index (χ4v) is 2.98. The van der Waals surface area contributed by atoms with Crippen molar-refractivity contribution in [3.63, 3.8) is 0 Å². The van der Waals surface area contributed by atoms with Gasteiger partial charge >= 0.3 is 5.97 Å². The third-order valence-corrected chi connectivity index (χ3v) is 3.76. The molecule has 12 heavy (non-hydrogen) atoms. The molecule has 1 saturated heterocycles. The second-order valence-corrected chi connectivity index (χ2v) is 4.80. The Kier molecular flexibility index (Phi) is 3.44. The Bertz CT molecular complexity index is 168. The quantitative estimate of drug-likeness (QED) is 0.621. The Morgan fingerprint density at radius 1 is 1.58 bits per heavy atom. The first-order valence-corrected chi connectivity index (χ1v) is 5.45. The highest BCUT2D eigenvalue weighted by Crippen LogP contribution is 2.34. The van der Waals surface area contributed by atoms with E-state index in [1.807, 2.05) is 11.8 Å². The van der Waals surface area contributed by atoms with Gasteiger partial charge in [0.2, 0.25) is 0 Å². The van der Waals surface area contributed by atoms with Crippen molar-refractivity contribution in [1.29, 1.82) is 0 Å². The van der Waals surface area contributed by atoms with E-state index in [9.17, 15) is 4.79 Å². The van der Waals surface area contributed by atoms with Crippen LogP contribution in [-0.2, 0) is 9.53 Å². The molecule has 3 heteroatoms. The zero-order valence-electron chi connectivity index (χ0n) is 7.87. The fraction of sp³-hybridized carbons (Fsp3) is 0.889. The molecule has 0 aromatic rings. The van der Waals surface area contributed by atoms with Crippen LogP contribution >= 0.6 is 11.8 Å². The summed E-state index contributed by atoms with van der Waals surface area (Å²) in [7, 11) is 0. The molecule has 1 fully saturated rings. The van der Waals surface area contributed by atoms with Crippen LogP contribution in [-0.4, -0.2) is 23.1 Å². The smallest absolute Gasteiger partial charge is 0.302 e. The third kappa shape index (κ3) is 2.41. The van der Waals surface area contributed by atoms with Gasteiger partial charge in [-0.05, 0) is 18.1 Å². The van der Waals surface area contributed by atoms with Crippen molar-refractivity contribution in [3.8, 4) is 0 Å². The number of carbonyl (C=O) groups is 1. The Morgan fingerprint density at radius 2 is 2.25 bits per heavy atom. The van der Waals surface area contributed by atoms with Crippen molar-refractivity contribution in [2.24, 2.45) is 5.92 Å². The molecular formula is C9H16O2S. The minimum Gasteiger partial charge on any atom is -0.461 e. The molecule has 2 nitrogen and oxygen atoms in total. The summed E-state index contributed by atoms with van der Waals surface area (Å²) in [5.74, 6) is 1.58. The molecule has 1 heterocycles. The fourth-order valence-electron chi connectivity index (χ4n) is 1.55. The van der Waals surface area contributed by atoms with Crippen molar-refractivity contribution in [3.05, 3.63) is 0 Å². The zero-order chi connectivity index (χ0) is 9.14. The second kappa shape index (κ2) is 4.17. The molecule has 0 aromatic carbocycles. The number of esters is 1. The molecule has 0 N–H and O–H groups in total. The SMILES string of the molecule is CC(=O)OC1CCSC1C(C)C. The highest BCUT2D eigenvalue weighted by molar-refractivity contribution is 8.00. The Morgan fingerprint density at radius 3 is 2.75 bits per heavy atom. The summed E-state index contributed by atoms with van der Waals surface area (Å²) in [5.41, 5.74) is 0. The van der Waals surface area contributed by atoms with Gasteiger partial charge in [0, 0.05) is 12.2 Å². The van der Waals surface area contributed by atoms with E-state index >= 15 is 0 Å². The summed E-state index contributed by atoms with van der Waals surface area (Å²) in [6, 6.07) is 0. The van der Waals surface area contributed by atoms with Crippen LogP contribution in [0.3, 0.4) is 0 Å². The van der Waals surface area contributed by atoms with Crippen LogP contribution in [0.1, 0.15) is 27.2 Å². The number of ether oxygens (including phenoxy) is 1. The number of hydrogen-bond acceptors (Lipinski definition) is 3. The maximum Gasteiger partial charge on any atom is 0.302 e. The number of hydrogen-bond donors (Lipinski definition) is 0.